The van der Waals surface area contributed by atoms with Crippen LogP contribution in [-0.2, 0) is 4.79 Å². The molecule has 130 valence electrons. The molecule has 3 N–H and O–H groups in total. The van der Waals surface area contributed by atoms with Crippen LogP contribution in [0.1, 0.15) is 22.8 Å². The number of carbonyl (C=O) groups excluding carboxylic acids is 1. The molecule has 0 aliphatic rings. The Morgan fingerprint density at radius 3 is 2.56 bits per heavy atom. The zero-order chi connectivity index (χ0) is 18.6. The highest BCUT2D eigenvalue weighted by Crippen LogP contribution is 2.18. The summed E-state index contributed by atoms with van der Waals surface area (Å²) in [6.07, 6.45) is 1.09. The van der Waals surface area contributed by atoms with Gasteiger partial charge in [-0.25, -0.2) is 9.78 Å². The van der Waals surface area contributed by atoms with E-state index < -0.39 is 22.8 Å². The zero-order valence-electron chi connectivity index (χ0n) is 13.5. The fourth-order valence-electron chi connectivity index (χ4n) is 2.00. The van der Waals surface area contributed by atoms with Crippen molar-refractivity contribution in [1.82, 2.24) is 4.98 Å². The van der Waals surface area contributed by atoms with E-state index in [2.05, 4.69) is 15.6 Å². The maximum atomic E-state index is 12.3. The Morgan fingerprint density at radius 2 is 2.00 bits per heavy atom. The van der Waals surface area contributed by atoms with Crippen LogP contribution in [0.4, 0.5) is 17.2 Å². The zero-order valence-corrected chi connectivity index (χ0v) is 13.5. The number of benzene rings is 1. The Labute approximate surface area is 142 Å². The number of aromatic carboxylic acids is 1. The Bertz CT molecular complexity index is 820. The summed E-state index contributed by atoms with van der Waals surface area (Å²) in [5.41, 5.74) is 1.04. The van der Waals surface area contributed by atoms with Gasteiger partial charge in [0.2, 0.25) is 5.91 Å². The molecule has 1 unspecified atom stereocenters. The van der Waals surface area contributed by atoms with Gasteiger partial charge in [-0.1, -0.05) is 6.07 Å². The second-order valence-corrected chi connectivity index (χ2v) is 5.35. The molecule has 0 spiro atoms. The first kappa shape index (κ1) is 17.9. The van der Waals surface area contributed by atoms with Gasteiger partial charge < -0.3 is 15.7 Å². The van der Waals surface area contributed by atoms with E-state index in [0.29, 0.717) is 11.5 Å². The van der Waals surface area contributed by atoms with Crippen LogP contribution in [0.15, 0.2) is 36.5 Å². The van der Waals surface area contributed by atoms with Crippen LogP contribution in [-0.4, -0.2) is 32.9 Å². The lowest BCUT2D eigenvalue weighted by Crippen LogP contribution is -2.32. The number of nitrogens with zero attached hydrogens (tertiary/aromatic N) is 2. The minimum Gasteiger partial charge on any atom is -0.478 e. The molecule has 0 fully saturated rings. The number of aryl methyl sites for hydroxylation is 1. The summed E-state index contributed by atoms with van der Waals surface area (Å²) in [5.74, 6) is -1.17. The Hall–Kier alpha value is -3.49. The molecule has 0 saturated carbocycles. The lowest BCUT2D eigenvalue weighted by molar-refractivity contribution is -0.385. The highest BCUT2D eigenvalue weighted by molar-refractivity contribution is 5.98. The number of nitrogens with one attached hydrogen (secondary N) is 2. The van der Waals surface area contributed by atoms with Crippen LogP contribution < -0.4 is 10.6 Å². The lowest BCUT2D eigenvalue weighted by atomic mass is 10.1. The molecule has 25 heavy (non-hydrogen) atoms. The van der Waals surface area contributed by atoms with Gasteiger partial charge in [0.25, 0.3) is 5.69 Å². The van der Waals surface area contributed by atoms with Crippen LogP contribution in [0.5, 0.6) is 0 Å². The number of nitro groups is 1. The van der Waals surface area contributed by atoms with Crippen LogP contribution in [0, 0.1) is 17.0 Å². The smallest absolute Gasteiger partial charge is 0.335 e. The van der Waals surface area contributed by atoms with Gasteiger partial charge in [0, 0.05) is 11.8 Å². The summed E-state index contributed by atoms with van der Waals surface area (Å²) in [4.78, 5) is 37.2. The Balaban J connectivity index is 2.06. The number of amides is 1. The molecule has 1 aromatic heterocycles. The Kier molecular flexibility index (Phi) is 5.28. The first-order valence-electron chi connectivity index (χ1n) is 7.29. The van der Waals surface area contributed by atoms with Crippen LogP contribution in [0.3, 0.4) is 0 Å². The average molecular weight is 344 g/mol. The molecule has 0 aliphatic heterocycles. The van der Waals surface area contributed by atoms with Crippen molar-refractivity contribution in [3.63, 3.8) is 0 Å². The second kappa shape index (κ2) is 7.39. The van der Waals surface area contributed by atoms with Gasteiger partial charge >= 0.3 is 5.97 Å². The number of carbonyl (C=O) groups is 2. The van der Waals surface area contributed by atoms with Gasteiger partial charge in [0.1, 0.15) is 18.1 Å². The predicted octanol–water partition coefficient (Wildman–Crippen LogP) is 2.44. The first-order chi connectivity index (χ1) is 11.8. The SMILES string of the molecule is Cc1ccc(C(=O)O)cc1NC(=O)C(C)Nc1ccc([N+](=O)[O-])cn1. The molecule has 1 heterocycles. The highest BCUT2D eigenvalue weighted by Gasteiger charge is 2.16. The van der Waals surface area contributed by atoms with E-state index in [1.807, 2.05) is 0 Å². The molecule has 1 aromatic carbocycles. The van der Waals surface area contributed by atoms with Crippen molar-refractivity contribution in [3.05, 3.63) is 57.8 Å². The summed E-state index contributed by atoms with van der Waals surface area (Å²) in [6.45, 7) is 3.34. The normalized spacial score (nSPS) is 11.4. The van der Waals surface area contributed by atoms with E-state index in [0.717, 1.165) is 11.8 Å². The van der Waals surface area contributed by atoms with Gasteiger partial charge in [-0.3, -0.25) is 14.9 Å². The van der Waals surface area contributed by atoms with Crippen LogP contribution in [0.2, 0.25) is 0 Å². The summed E-state index contributed by atoms with van der Waals surface area (Å²) in [5, 5.41) is 25.1. The molecule has 1 amide bonds. The number of anilines is 2. The molecule has 1 atom stereocenters. The van der Waals surface area contributed by atoms with Gasteiger partial charge in [0.15, 0.2) is 0 Å². The van der Waals surface area contributed by atoms with Gasteiger partial charge in [-0.2, -0.15) is 0 Å². The fourth-order valence-corrected chi connectivity index (χ4v) is 2.00. The second-order valence-electron chi connectivity index (χ2n) is 5.35. The number of rotatable bonds is 6. The average Bonchev–Trinajstić information content (AvgIpc) is 2.57. The number of hydrogen-bond acceptors (Lipinski definition) is 6. The summed E-state index contributed by atoms with van der Waals surface area (Å²) in [7, 11) is 0. The molecular weight excluding hydrogens is 328 g/mol. The van der Waals surface area contributed by atoms with Crippen molar-refractivity contribution in [3.8, 4) is 0 Å². The number of carboxylic acids is 1. The molecule has 2 aromatic rings. The summed E-state index contributed by atoms with van der Waals surface area (Å²) in [6, 6.07) is 6.43. The molecule has 0 radical (unpaired) electrons. The maximum absolute atomic E-state index is 12.3. The molecule has 0 bridgehead atoms. The van der Waals surface area contributed by atoms with Gasteiger partial charge in [-0.05, 0) is 37.6 Å². The molecule has 9 heteroatoms. The van der Waals surface area contributed by atoms with Crippen molar-refractivity contribution in [1.29, 1.82) is 0 Å². The van der Waals surface area contributed by atoms with E-state index in [9.17, 15) is 19.7 Å². The molecule has 9 nitrogen and oxygen atoms in total. The van der Waals surface area contributed by atoms with E-state index in [4.69, 9.17) is 5.11 Å². The largest absolute Gasteiger partial charge is 0.478 e. The van der Waals surface area contributed by atoms with E-state index in [-0.39, 0.29) is 11.3 Å². The van der Waals surface area contributed by atoms with E-state index >= 15 is 0 Å². The minimum atomic E-state index is -1.09. The van der Waals surface area contributed by atoms with E-state index in [1.54, 1.807) is 19.9 Å². The standard InChI is InChI=1S/C16H16N4O5/c1-9-3-4-11(16(22)23)7-13(9)19-15(21)10(2)18-14-6-5-12(8-17-14)20(24)25/h3-8,10H,1-2H3,(H,17,18)(H,19,21)(H,22,23). The fraction of sp³-hybridized carbons (Fsp3) is 0.188. The van der Waals surface area contributed by atoms with Crippen molar-refractivity contribution < 1.29 is 19.6 Å². The van der Waals surface area contributed by atoms with Crippen molar-refractivity contribution in [2.75, 3.05) is 10.6 Å². The number of aromatic nitrogens is 1. The molecule has 0 aliphatic carbocycles. The van der Waals surface area contributed by atoms with Crippen molar-refractivity contribution in [2.45, 2.75) is 19.9 Å². The molecular formula is C16H16N4O5. The third-order valence-corrected chi connectivity index (χ3v) is 3.46. The predicted molar refractivity (Wildman–Crippen MR) is 90.7 cm³/mol. The summed E-state index contributed by atoms with van der Waals surface area (Å²) < 4.78 is 0. The molecule has 2 rings (SSSR count). The van der Waals surface area contributed by atoms with Crippen molar-refractivity contribution in [2.24, 2.45) is 0 Å². The Morgan fingerprint density at radius 1 is 1.28 bits per heavy atom. The summed E-state index contributed by atoms with van der Waals surface area (Å²) >= 11 is 0. The number of hydrogen-bond donors (Lipinski definition) is 3. The highest BCUT2D eigenvalue weighted by atomic mass is 16.6. The quantitative estimate of drug-likeness (QED) is 0.541. The number of pyridine rings is 1. The van der Waals surface area contributed by atoms with Gasteiger partial charge in [-0.15, -0.1) is 0 Å². The third kappa shape index (κ3) is 4.50. The van der Waals surface area contributed by atoms with Crippen molar-refractivity contribution >= 4 is 29.1 Å². The van der Waals surface area contributed by atoms with Gasteiger partial charge in [0.05, 0.1) is 10.5 Å². The van der Waals surface area contributed by atoms with Crippen LogP contribution in [0.25, 0.3) is 0 Å². The molecule has 0 saturated heterocycles. The lowest BCUT2D eigenvalue weighted by Gasteiger charge is -2.16. The minimum absolute atomic E-state index is 0.0681. The first-order valence-corrected chi connectivity index (χ1v) is 7.29. The third-order valence-electron chi connectivity index (χ3n) is 3.46. The monoisotopic (exact) mass is 344 g/mol. The van der Waals surface area contributed by atoms with Crippen LogP contribution >= 0.6 is 0 Å². The maximum Gasteiger partial charge on any atom is 0.335 e. The number of carboxylic acid groups (broad SMARTS) is 1. The van der Waals surface area contributed by atoms with E-state index in [1.165, 1.54) is 24.3 Å². The topological polar surface area (TPSA) is 134 Å².